The van der Waals surface area contributed by atoms with E-state index in [9.17, 15) is 17.6 Å². The van der Waals surface area contributed by atoms with Gasteiger partial charge in [0, 0.05) is 5.56 Å². The summed E-state index contributed by atoms with van der Waals surface area (Å²) >= 11 is 0. The summed E-state index contributed by atoms with van der Waals surface area (Å²) in [5.41, 5.74) is 5.66. The zero-order valence-corrected chi connectivity index (χ0v) is 9.54. The molecule has 2 nitrogen and oxygen atoms in total. The highest BCUT2D eigenvalue weighted by atomic mass is 19.4. The van der Waals surface area contributed by atoms with Crippen molar-refractivity contribution in [1.82, 2.24) is 0 Å². The molecule has 0 fully saturated rings. The molecule has 100 valence electrons. The number of nitrogen functional groups attached to an aromatic ring is 1. The second kappa shape index (κ2) is 4.79. The molecule has 0 amide bonds. The van der Waals surface area contributed by atoms with Crippen LogP contribution >= 0.6 is 0 Å². The van der Waals surface area contributed by atoms with Gasteiger partial charge in [0.25, 0.3) is 0 Å². The highest BCUT2D eigenvalue weighted by Crippen LogP contribution is 2.33. The van der Waals surface area contributed by atoms with Crippen molar-refractivity contribution in [3.63, 3.8) is 0 Å². The van der Waals surface area contributed by atoms with Crippen LogP contribution in [0.4, 0.5) is 23.2 Å². The molecule has 0 spiro atoms. The van der Waals surface area contributed by atoms with E-state index in [2.05, 4.69) is 4.74 Å². The maximum atomic E-state index is 13.6. The van der Waals surface area contributed by atoms with E-state index in [1.54, 1.807) is 6.07 Å². The Morgan fingerprint density at radius 3 is 2.32 bits per heavy atom. The Bertz CT molecular complexity index is 595. The van der Waals surface area contributed by atoms with Crippen LogP contribution in [-0.4, -0.2) is 6.36 Å². The van der Waals surface area contributed by atoms with Crippen molar-refractivity contribution in [3.05, 3.63) is 48.3 Å². The number of nitrogens with two attached hydrogens (primary N) is 1. The van der Waals surface area contributed by atoms with Crippen molar-refractivity contribution in [2.24, 2.45) is 0 Å². The lowest BCUT2D eigenvalue weighted by Crippen LogP contribution is -2.18. The van der Waals surface area contributed by atoms with Crippen molar-refractivity contribution < 1.29 is 22.3 Å². The molecule has 0 saturated carbocycles. The minimum atomic E-state index is -4.85. The molecule has 0 bridgehead atoms. The smallest absolute Gasteiger partial charge is 0.404 e. The largest absolute Gasteiger partial charge is 0.573 e. The van der Waals surface area contributed by atoms with Gasteiger partial charge in [-0.05, 0) is 23.8 Å². The van der Waals surface area contributed by atoms with Crippen LogP contribution in [0.2, 0.25) is 0 Å². The molecule has 0 atom stereocenters. The third-order valence-corrected chi connectivity index (χ3v) is 2.42. The Balaban J connectivity index is 2.44. The average molecular weight is 271 g/mol. The van der Waals surface area contributed by atoms with E-state index in [-0.39, 0.29) is 16.8 Å². The lowest BCUT2D eigenvalue weighted by molar-refractivity contribution is -0.274. The van der Waals surface area contributed by atoms with Crippen molar-refractivity contribution in [1.29, 1.82) is 0 Å². The first-order chi connectivity index (χ1) is 8.87. The Kier molecular flexibility index (Phi) is 3.33. The molecule has 2 aromatic carbocycles. The van der Waals surface area contributed by atoms with E-state index in [1.807, 2.05) is 0 Å². The second-order valence-electron chi connectivity index (χ2n) is 3.78. The molecule has 0 aliphatic rings. The summed E-state index contributed by atoms with van der Waals surface area (Å²) in [5, 5.41) is 0. The Morgan fingerprint density at radius 1 is 1.00 bits per heavy atom. The van der Waals surface area contributed by atoms with E-state index >= 15 is 0 Å². The van der Waals surface area contributed by atoms with Gasteiger partial charge < -0.3 is 10.5 Å². The minimum absolute atomic E-state index is 0.169. The predicted octanol–water partition coefficient (Wildman–Crippen LogP) is 3.97. The molecule has 2 rings (SSSR count). The molecule has 6 heteroatoms. The molecular formula is C13H9F4NO. The van der Waals surface area contributed by atoms with Gasteiger partial charge in [0.05, 0.1) is 5.69 Å². The first-order valence-electron chi connectivity index (χ1n) is 5.27. The summed E-state index contributed by atoms with van der Waals surface area (Å²) < 4.78 is 53.9. The maximum Gasteiger partial charge on any atom is 0.573 e. The fraction of sp³-hybridized carbons (Fsp3) is 0.0769. The molecule has 19 heavy (non-hydrogen) atoms. The molecular weight excluding hydrogens is 262 g/mol. The highest BCUT2D eigenvalue weighted by molar-refractivity contribution is 5.70. The van der Waals surface area contributed by atoms with Gasteiger partial charge in [0.1, 0.15) is 5.82 Å². The highest BCUT2D eigenvalue weighted by Gasteiger charge is 2.32. The van der Waals surface area contributed by atoms with Crippen molar-refractivity contribution in [3.8, 4) is 16.9 Å². The van der Waals surface area contributed by atoms with Crippen molar-refractivity contribution >= 4 is 5.69 Å². The topological polar surface area (TPSA) is 35.2 Å². The number of benzene rings is 2. The van der Waals surface area contributed by atoms with E-state index in [4.69, 9.17) is 5.73 Å². The first kappa shape index (κ1) is 13.2. The number of rotatable bonds is 2. The van der Waals surface area contributed by atoms with Crippen LogP contribution in [0.5, 0.6) is 5.75 Å². The zero-order valence-electron chi connectivity index (χ0n) is 9.54. The summed E-state index contributed by atoms with van der Waals surface area (Å²) in [4.78, 5) is 0. The number of hydrogen-bond acceptors (Lipinski definition) is 2. The van der Waals surface area contributed by atoms with E-state index in [0.717, 1.165) is 6.07 Å². The third-order valence-electron chi connectivity index (χ3n) is 2.42. The minimum Gasteiger partial charge on any atom is -0.404 e. The van der Waals surface area contributed by atoms with Crippen LogP contribution in [0.25, 0.3) is 11.1 Å². The van der Waals surface area contributed by atoms with Gasteiger partial charge in [0.15, 0.2) is 5.75 Å². The van der Waals surface area contributed by atoms with E-state index in [0.29, 0.717) is 0 Å². The maximum absolute atomic E-state index is 13.6. The quantitative estimate of drug-likeness (QED) is 0.662. The number of alkyl halides is 3. The molecule has 0 heterocycles. The SMILES string of the molecule is Nc1ccc(-c2ccccc2F)cc1OC(F)(F)F. The number of anilines is 1. The van der Waals surface area contributed by atoms with Gasteiger partial charge in [-0.1, -0.05) is 24.3 Å². The number of halogens is 4. The van der Waals surface area contributed by atoms with Gasteiger partial charge in [-0.2, -0.15) is 0 Å². The Labute approximate surface area is 106 Å². The number of hydrogen-bond donors (Lipinski definition) is 1. The molecule has 2 N–H and O–H groups in total. The predicted molar refractivity (Wildman–Crippen MR) is 62.9 cm³/mol. The summed E-state index contributed by atoms with van der Waals surface area (Å²) in [6, 6.07) is 9.47. The number of ether oxygens (including phenoxy) is 1. The van der Waals surface area contributed by atoms with Crippen LogP contribution in [0.15, 0.2) is 42.5 Å². The third kappa shape index (κ3) is 3.15. The molecule has 0 unspecified atom stereocenters. The van der Waals surface area contributed by atoms with Crippen LogP contribution in [-0.2, 0) is 0 Å². The summed E-state index contributed by atoms with van der Waals surface area (Å²) in [7, 11) is 0. The zero-order chi connectivity index (χ0) is 14.0. The summed E-state index contributed by atoms with van der Waals surface area (Å²) in [6.45, 7) is 0. The van der Waals surface area contributed by atoms with Gasteiger partial charge in [-0.25, -0.2) is 4.39 Å². The average Bonchev–Trinajstić information content (AvgIpc) is 2.31. The lowest BCUT2D eigenvalue weighted by atomic mass is 10.0. The van der Waals surface area contributed by atoms with Crippen molar-refractivity contribution in [2.75, 3.05) is 5.73 Å². The molecule has 0 aromatic heterocycles. The van der Waals surface area contributed by atoms with Gasteiger partial charge in [-0.15, -0.1) is 13.2 Å². The van der Waals surface area contributed by atoms with Crippen LogP contribution in [0.3, 0.4) is 0 Å². The first-order valence-corrected chi connectivity index (χ1v) is 5.27. The molecule has 2 aromatic rings. The van der Waals surface area contributed by atoms with Crippen molar-refractivity contribution in [2.45, 2.75) is 6.36 Å². The van der Waals surface area contributed by atoms with E-state index < -0.39 is 17.9 Å². The Morgan fingerprint density at radius 2 is 1.68 bits per heavy atom. The van der Waals surface area contributed by atoms with Gasteiger partial charge in [-0.3, -0.25) is 0 Å². The summed E-state index contributed by atoms with van der Waals surface area (Å²) in [5.74, 6) is -1.08. The lowest BCUT2D eigenvalue weighted by Gasteiger charge is -2.12. The fourth-order valence-corrected chi connectivity index (χ4v) is 1.61. The van der Waals surface area contributed by atoms with Crippen LogP contribution in [0.1, 0.15) is 0 Å². The normalized spacial score (nSPS) is 11.4. The molecule has 0 saturated heterocycles. The van der Waals surface area contributed by atoms with Gasteiger partial charge >= 0.3 is 6.36 Å². The van der Waals surface area contributed by atoms with Crippen LogP contribution < -0.4 is 10.5 Å². The summed E-state index contributed by atoms with van der Waals surface area (Å²) in [6.07, 6.45) is -4.85. The van der Waals surface area contributed by atoms with E-state index in [1.165, 1.54) is 30.3 Å². The van der Waals surface area contributed by atoms with Gasteiger partial charge in [0.2, 0.25) is 0 Å². The molecule has 0 aliphatic carbocycles. The molecule has 0 aliphatic heterocycles. The fourth-order valence-electron chi connectivity index (χ4n) is 1.61. The Hall–Kier alpha value is -2.24. The standard InChI is InChI=1S/C13H9F4NO/c14-10-4-2-1-3-9(10)8-5-6-11(18)12(7-8)19-13(15,16)17/h1-7H,18H2. The van der Waals surface area contributed by atoms with Crippen LogP contribution in [0, 0.1) is 5.82 Å². The molecule has 0 radical (unpaired) electrons. The second-order valence-corrected chi connectivity index (χ2v) is 3.78. The monoisotopic (exact) mass is 271 g/mol.